The molecular weight excluding hydrogens is 245 g/mol. The van der Waals surface area contributed by atoms with Gasteiger partial charge in [0.2, 0.25) is 0 Å². The number of aliphatic hydroxyl groups excluding tert-OH is 1. The number of nitrogens with zero attached hydrogens (tertiary/aromatic N) is 2. The van der Waals surface area contributed by atoms with Crippen LogP contribution in [-0.2, 0) is 6.54 Å². The first-order valence-electron chi connectivity index (χ1n) is 6.30. The average molecular weight is 263 g/mol. The van der Waals surface area contributed by atoms with Crippen molar-refractivity contribution in [1.82, 2.24) is 15.1 Å². The predicted octanol–water partition coefficient (Wildman–Crippen LogP) is 1.73. The molecule has 0 spiro atoms. The highest BCUT2D eigenvalue weighted by Gasteiger charge is 2.13. The van der Waals surface area contributed by atoms with Crippen LogP contribution < -0.4 is 5.32 Å². The van der Waals surface area contributed by atoms with Gasteiger partial charge in [-0.3, -0.25) is 4.68 Å². The first kappa shape index (κ1) is 13.7. The molecule has 19 heavy (non-hydrogen) atoms. The van der Waals surface area contributed by atoms with E-state index in [9.17, 15) is 9.50 Å². The summed E-state index contributed by atoms with van der Waals surface area (Å²) in [6.45, 7) is 3.01. The Balaban J connectivity index is 1.83. The van der Waals surface area contributed by atoms with Gasteiger partial charge >= 0.3 is 0 Å². The summed E-state index contributed by atoms with van der Waals surface area (Å²) in [7, 11) is 0. The zero-order valence-electron chi connectivity index (χ0n) is 10.8. The molecule has 2 rings (SSSR count). The van der Waals surface area contributed by atoms with E-state index >= 15 is 0 Å². The van der Waals surface area contributed by atoms with Gasteiger partial charge in [0.1, 0.15) is 5.82 Å². The van der Waals surface area contributed by atoms with Gasteiger partial charge < -0.3 is 10.4 Å². The van der Waals surface area contributed by atoms with E-state index in [1.165, 1.54) is 6.07 Å². The summed E-state index contributed by atoms with van der Waals surface area (Å²) >= 11 is 0. The normalized spacial score (nSPS) is 14.3. The maximum atomic E-state index is 13.5. The van der Waals surface area contributed by atoms with Crippen LogP contribution in [0, 0.1) is 5.82 Å². The molecule has 5 heteroatoms. The second-order valence-electron chi connectivity index (χ2n) is 4.57. The van der Waals surface area contributed by atoms with Gasteiger partial charge in [-0.05, 0) is 19.1 Å². The van der Waals surface area contributed by atoms with E-state index in [0.717, 1.165) is 0 Å². The molecule has 2 N–H and O–H groups in total. The predicted molar refractivity (Wildman–Crippen MR) is 71.1 cm³/mol. The number of nitrogens with one attached hydrogen (secondary N) is 1. The lowest BCUT2D eigenvalue weighted by Gasteiger charge is -2.17. The molecule has 4 nitrogen and oxygen atoms in total. The van der Waals surface area contributed by atoms with Crippen LogP contribution in [0.15, 0.2) is 42.7 Å². The SMILES string of the molecule is C[C@@H](Cn1cccn1)NC[C@@H](O)c1ccccc1F. The van der Waals surface area contributed by atoms with Gasteiger partial charge in [-0.25, -0.2) is 4.39 Å². The fraction of sp³-hybridized carbons (Fsp3) is 0.357. The van der Waals surface area contributed by atoms with Crippen molar-refractivity contribution in [3.63, 3.8) is 0 Å². The molecule has 1 aromatic carbocycles. The Morgan fingerprint density at radius 2 is 2.16 bits per heavy atom. The van der Waals surface area contributed by atoms with E-state index < -0.39 is 6.10 Å². The number of halogens is 1. The minimum atomic E-state index is -0.846. The highest BCUT2D eigenvalue weighted by atomic mass is 19.1. The fourth-order valence-electron chi connectivity index (χ4n) is 1.92. The standard InChI is InChI=1S/C14H18FN3O/c1-11(10-18-8-4-7-17-18)16-9-14(19)12-5-2-3-6-13(12)15/h2-8,11,14,16,19H,9-10H2,1H3/t11-,14+/m0/s1. The summed E-state index contributed by atoms with van der Waals surface area (Å²) < 4.78 is 15.3. The van der Waals surface area contributed by atoms with Gasteiger partial charge in [0.15, 0.2) is 0 Å². The van der Waals surface area contributed by atoms with Crippen LogP contribution in [0.4, 0.5) is 4.39 Å². The van der Waals surface area contributed by atoms with Gasteiger partial charge in [-0.2, -0.15) is 5.10 Å². The molecule has 1 heterocycles. The molecule has 0 aliphatic rings. The number of rotatable bonds is 6. The molecule has 102 valence electrons. The van der Waals surface area contributed by atoms with Gasteiger partial charge in [0.05, 0.1) is 12.6 Å². The molecule has 0 saturated heterocycles. The number of aromatic nitrogens is 2. The van der Waals surface area contributed by atoms with Crippen LogP contribution in [0.1, 0.15) is 18.6 Å². The van der Waals surface area contributed by atoms with Gasteiger partial charge in [0.25, 0.3) is 0 Å². The average Bonchev–Trinajstić information content (AvgIpc) is 2.89. The first-order valence-corrected chi connectivity index (χ1v) is 6.30. The van der Waals surface area contributed by atoms with E-state index in [4.69, 9.17) is 0 Å². The van der Waals surface area contributed by atoms with Crippen molar-refractivity contribution in [2.24, 2.45) is 0 Å². The zero-order chi connectivity index (χ0) is 13.7. The molecule has 0 saturated carbocycles. The summed E-state index contributed by atoms with van der Waals surface area (Å²) in [6.07, 6.45) is 2.76. The van der Waals surface area contributed by atoms with Crippen molar-refractivity contribution in [3.8, 4) is 0 Å². The summed E-state index contributed by atoms with van der Waals surface area (Å²) in [4.78, 5) is 0. The van der Waals surface area contributed by atoms with Crippen LogP contribution in [0.5, 0.6) is 0 Å². The minimum Gasteiger partial charge on any atom is -0.387 e. The molecule has 0 fully saturated rings. The highest BCUT2D eigenvalue weighted by molar-refractivity contribution is 5.19. The van der Waals surface area contributed by atoms with Crippen molar-refractivity contribution in [3.05, 3.63) is 54.1 Å². The third-order valence-corrected chi connectivity index (χ3v) is 2.94. The second kappa shape index (κ2) is 6.45. The maximum absolute atomic E-state index is 13.5. The van der Waals surface area contributed by atoms with E-state index in [1.807, 2.05) is 23.9 Å². The van der Waals surface area contributed by atoms with E-state index in [-0.39, 0.29) is 11.9 Å². The van der Waals surface area contributed by atoms with Crippen molar-refractivity contribution >= 4 is 0 Å². The van der Waals surface area contributed by atoms with Gasteiger partial charge in [-0.15, -0.1) is 0 Å². The third-order valence-electron chi connectivity index (χ3n) is 2.94. The zero-order valence-corrected chi connectivity index (χ0v) is 10.8. The smallest absolute Gasteiger partial charge is 0.129 e. The van der Waals surface area contributed by atoms with Crippen molar-refractivity contribution < 1.29 is 9.50 Å². The van der Waals surface area contributed by atoms with E-state index in [1.54, 1.807) is 24.4 Å². The lowest BCUT2D eigenvalue weighted by molar-refractivity contribution is 0.164. The van der Waals surface area contributed by atoms with Gasteiger partial charge in [-0.1, -0.05) is 18.2 Å². The van der Waals surface area contributed by atoms with Gasteiger partial charge in [0, 0.05) is 30.5 Å². The Morgan fingerprint density at radius 3 is 2.84 bits per heavy atom. The summed E-state index contributed by atoms with van der Waals surface area (Å²) in [5, 5.41) is 17.2. The lowest BCUT2D eigenvalue weighted by Crippen LogP contribution is -2.34. The number of benzene rings is 1. The fourth-order valence-corrected chi connectivity index (χ4v) is 1.92. The molecule has 0 unspecified atom stereocenters. The summed E-state index contributed by atoms with van der Waals surface area (Å²) in [5.74, 6) is -0.378. The van der Waals surface area contributed by atoms with Crippen LogP contribution >= 0.6 is 0 Å². The Kier molecular flexibility index (Phi) is 4.65. The highest BCUT2D eigenvalue weighted by Crippen LogP contribution is 2.15. The van der Waals surface area contributed by atoms with Crippen molar-refractivity contribution in [2.45, 2.75) is 25.6 Å². The quantitative estimate of drug-likeness (QED) is 0.834. The minimum absolute atomic E-state index is 0.140. The number of hydrogen-bond acceptors (Lipinski definition) is 3. The number of hydrogen-bond donors (Lipinski definition) is 2. The van der Waals surface area contributed by atoms with Crippen LogP contribution in [0.3, 0.4) is 0 Å². The topological polar surface area (TPSA) is 50.1 Å². The largest absolute Gasteiger partial charge is 0.387 e. The molecule has 0 bridgehead atoms. The van der Waals surface area contributed by atoms with E-state index in [2.05, 4.69) is 10.4 Å². The third kappa shape index (κ3) is 3.87. The molecule has 0 aliphatic heterocycles. The number of aliphatic hydroxyl groups is 1. The summed E-state index contributed by atoms with van der Waals surface area (Å²) in [6, 6.07) is 8.28. The monoisotopic (exact) mass is 263 g/mol. The van der Waals surface area contributed by atoms with Crippen molar-refractivity contribution in [2.75, 3.05) is 6.54 Å². The van der Waals surface area contributed by atoms with E-state index in [0.29, 0.717) is 18.7 Å². The molecule has 0 aliphatic carbocycles. The second-order valence-corrected chi connectivity index (χ2v) is 4.57. The molecule has 0 amide bonds. The molecular formula is C14H18FN3O. The molecule has 2 atom stereocenters. The molecule has 0 radical (unpaired) electrons. The Morgan fingerprint density at radius 1 is 1.37 bits per heavy atom. The lowest BCUT2D eigenvalue weighted by atomic mass is 10.1. The Bertz CT molecular complexity index is 501. The molecule has 1 aromatic heterocycles. The summed E-state index contributed by atoms with van der Waals surface area (Å²) in [5.41, 5.74) is 0.321. The Hall–Kier alpha value is -1.72. The van der Waals surface area contributed by atoms with Crippen LogP contribution in [-0.4, -0.2) is 27.5 Å². The van der Waals surface area contributed by atoms with Crippen LogP contribution in [0.2, 0.25) is 0 Å². The molecule has 2 aromatic rings. The van der Waals surface area contributed by atoms with Crippen LogP contribution in [0.25, 0.3) is 0 Å². The first-order chi connectivity index (χ1) is 9.16. The Labute approximate surface area is 111 Å². The van der Waals surface area contributed by atoms with Crippen molar-refractivity contribution in [1.29, 1.82) is 0 Å². The maximum Gasteiger partial charge on any atom is 0.129 e.